The fraction of sp³-hybridized carbons (Fsp3) is 0.522. The predicted molar refractivity (Wildman–Crippen MR) is 120 cm³/mol. The van der Waals surface area contributed by atoms with E-state index >= 15 is 0 Å². The van der Waals surface area contributed by atoms with Crippen molar-refractivity contribution >= 4 is 17.5 Å². The zero-order valence-electron chi connectivity index (χ0n) is 19.3. The van der Waals surface area contributed by atoms with Crippen molar-refractivity contribution in [3.05, 3.63) is 41.2 Å². The predicted octanol–water partition coefficient (Wildman–Crippen LogP) is 3.01. The molecule has 1 aromatic carbocycles. The van der Waals surface area contributed by atoms with Crippen LogP contribution in [0.25, 0.3) is 0 Å². The summed E-state index contributed by atoms with van der Waals surface area (Å²) in [4.78, 5) is 25.0. The molecule has 2 aliphatic heterocycles. The highest BCUT2D eigenvalue weighted by atomic mass is 19.3. The fourth-order valence-corrected chi connectivity index (χ4v) is 4.20. The molecular formula is C23H27F4N5O3. The first kappa shape index (κ1) is 25.0. The summed E-state index contributed by atoms with van der Waals surface area (Å²) in [5.74, 6) is -0.923. The van der Waals surface area contributed by atoms with Crippen LogP contribution in [0, 0.1) is 11.6 Å². The van der Waals surface area contributed by atoms with Crippen LogP contribution in [-0.2, 0) is 22.5 Å². The van der Waals surface area contributed by atoms with Gasteiger partial charge in [0.25, 0.3) is 6.43 Å². The summed E-state index contributed by atoms with van der Waals surface area (Å²) in [6.07, 6.45) is -1.31. The number of carbonyl (C=O) groups excluding carboxylic acids is 1. The molecule has 1 saturated heterocycles. The highest BCUT2D eigenvalue weighted by molar-refractivity contribution is 5.77. The molecule has 0 saturated carbocycles. The first-order chi connectivity index (χ1) is 16.8. The van der Waals surface area contributed by atoms with Crippen molar-refractivity contribution in [3.8, 4) is 5.75 Å². The van der Waals surface area contributed by atoms with Crippen LogP contribution in [0.2, 0.25) is 0 Å². The van der Waals surface area contributed by atoms with Crippen LogP contribution in [0.15, 0.2) is 18.2 Å². The monoisotopic (exact) mass is 497 g/mol. The number of amides is 1. The Hall–Kier alpha value is -3.15. The summed E-state index contributed by atoms with van der Waals surface area (Å²) in [7, 11) is 1.44. The fourth-order valence-electron chi connectivity index (χ4n) is 4.20. The van der Waals surface area contributed by atoms with Gasteiger partial charge in [0.2, 0.25) is 5.91 Å². The highest BCUT2D eigenvalue weighted by Gasteiger charge is 2.29. The van der Waals surface area contributed by atoms with E-state index in [1.807, 2.05) is 4.90 Å². The number of benzene rings is 1. The molecule has 0 spiro atoms. The molecule has 190 valence electrons. The Balaban J connectivity index is 1.48. The smallest absolute Gasteiger partial charge is 0.255 e. The van der Waals surface area contributed by atoms with E-state index in [2.05, 4.69) is 10.3 Å². The molecule has 3 heterocycles. The van der Waals surface area contributed by atoms with Crippen molar-refractivity contribution in [2.75, 3.05) is 50.1 Å². The first-order valence-electron chi connectivity index (χ1n) is 11.4. The van der Waals surface area contributed by atoms with Crippen molar-refractivity contribution < 1.29 is 31.8 Å². The maximum atomic E-state index is 13.9. The van der Waals surface area contributed by atoms with Crippen LogP contribution in [0.4, 0.5) is 29.2 Å². The molecule has 0 atom stereocenters. The Labute approximate surface area is 200 Å². The molecule has 0 aliphatic carbocycles. The summed E-state index contributed by atoms with van der Waals surface area (Å²) >= 11 is 0. The van der Waals surface area contributed by atoms with Crippen molar-refractivity contribution in [2.24, 2.45) is 0 Å². The average Bonchev–Trinajstić information content (AvgIpc) is 2.84. The van der Waals surface area contributed by atoms with Gasteiger partial charge in [-0.3, -0.25) is 4.79 Å². The molecule has 1 fully saturated rings. The van der Waals surface area contributed by atoms with Gasteiger partial charge in [-0.1, -0.05) is 0 Å². The van der Waals surface area contributed by atoms with Gasteiger partial charge in [-0.15, -0.1) is 0 Å². The molecule has 1 N–H and O–H groups in total. The molecule has 35 heavy (non-hydrogen) atoms. The van der Waals surface area contributed by atoms with Gasteiger partial charge in [-0.05, 0) is 12.1 Å². The largest absolute Gasteiger partial charge is 0.487 e. The number of aromatic nitrogens is 2. The minimum atomic E-state index is -2.58. The maximum Gasteiger partial charge on any atom is 0.255 e. The quantitative estimate of drug-likeness (QED) is 0.562. The number of nitrogens with one attached hydrogen (secondary N) is 1. The molecule has 12 heteroatoms. The molecular weight excluding hydrogens is 470 g/mol. The lowest BCUT2D eigenvalue weighted by molar-refractivity contribution is -0.136. The molecule has 1 amide bonds. The number of nitrogens with zero attached hydrogens (tertiary/aromatic N) is 4. The molecule has 4 rings (SSSR count). The molecule has 2 aliphatic rings. The topological polar surface area (TPSA) is 79.8 Å². The van der Waals surface area contributed by atoms with Gasteiger partial charge >= 0.3 is 0 Å². The summed E-state index contributed by atoms with van der Waals surface area (Å²) in [5.41, 5.74) is 1.28. The number of carbonyl (C=O) groups is 1. The number of rotatable bonds is 8. The number of piperidine rings is 1. The number of methoxy groups -OCH3 is 1. The van der Waals surface area contributed by atoms with E-state index in [0.717, 1.165) is 17.8 Å². The summed E-state index contributed by atoms with van der Waals surface area (Å²) in [6, 6.07) is 3.18. The zero-order chi connectivity index (χ0) is 24.9. The van der Waals surface area contributed by atoms with Gasteiger partial charge < -0.3 is 24.6 Å². The normalized spacial score (nSPS) is 16.4. The van der Waals surface area contributed by atoms with E-state index in [4.69, 9.17) is 14.5 Å². The number of alkyl halides is 2. The van der Waals surface area contributed by atoms with Crippen molar-refractivity contribution in [3.63, 3.8) is 0 Å². The van der Waals surface area contributed by atoms with Crippen LogP contribution < -0.4 is 15.0 Å². The third-order valence-electron chi connectivity index (χ3n) is 5.97. The lowest BCUT2D eigenvalue weighted by Crippen LogP contribution is -2.41. The average molecular weight is 497 g/mol. The number of halogens is 4. The molecule has 0 bridgehead atoms. The molecule has 1 aromatic heterocycles. The molecule has 2 aromatic rings. The molecule has 8 nitrogen and oxygen atoms in total. The van der Waals surface area contributed by atoms with Crippen LogP contribution >= 0.6 is 0 Å². The Bertz CT molecular complexity index is 1050. The zero-order valence-corrected chi connectivity index (χ0v) is 19.3. The van der Waals surface area contributed by atoms with Gasteiger partial charge in [0, 0.05) is 52.1 Å². The molecule has 0 radical (unpaired) electrons. The van der Waals surface area contributed by atoms with E-state index in [-0.39, 0.29) is 36.7 Å². The third-order valence-corrected chi connectivity index (χ3v) is 5.97. The van der Waals surface area contributed by atoms with Crippen LogP contribution in [0.5, 0.6) is 5.75 Å². The van der Waals surface area contributed by atoms with Crippen molar-refractivity contribution in [2.45, 2.75) is 38.3 Å². The minimum absolute atomic E-state index is 0.00899. The SMILES string of the molecule is COCC(=O)N1CCc2nc(N3CCC(Oc4ccc(F)cc4F)CC3)c(NCC(F)F)nc2C1. The Morgan fingerprint density at radius 3 is 2.63 bits per heavy atom. The maximum absolute atomic E-state index is 13.9. The minimum Gasteiger partial charge on any atom is -0.487 e. The number of fused-ring (bicyclic) bond motifs is 1. The number of ether oxygens (including phenoxy) is 2. The summed E-state index contributed by atoms with van der Waals surface area (Å²) in [5, 5.41) is 2.68. The van der Waals surface area contributed by atoms with E-state index in [0.29, 0.717) is 50.4 Å². The second-order valence-electron chi connectivity index (χ2n) is 8.44. The molecule has 0 unspecified atom stereocenters. The Kier molecular flexibility index (Phi) is 7.89. The van der Waals surface area contributed by atoms with E-state index in [1.165, 1.54) is 13.2 Å². The van der Waals surface area contributed by atoms with Gasteiger partial charge in [0.05, 0.1) is 24.5 Å². The van der Waals surface area contributed by atoms with Crippen molar-refractivity contribution in [1.29, 1.82) is 0 Å². The third kappa shape index (κ3) is 6.11. The number of hydrogen-bond acceptors (Lipinski definition) is 7. The number of hydrogen-bond donors (Lipinski definition) is 1. The van der Waals surface area contributed by atoms with Crippen LogP contribution in [0.3, 0.4) is 0 Å². The number of anilines is 2. The van der Waals surface area contributed by atoms with E-state index in [9.17, 15) is 22.4 Å². The van der Waals surface area contributed by atoms with Gasteiger partial charge in [-0.25, -0.2) is 27.5 Å². The van der Waals surface area contributed by atoms with E-state index < -0.39 is 24.6 Å². The lowest BCUT2D eigenvalue weighted by Gasteiger charge is -2.35. The Morgan fingerprint density at radius 1 is 1.17 bits per heavy atom. The second-order valence-corrected chi connectivity index (χ2v) is 8.44. The summed E-state index contributed by atoms with van der Waals surface area (Å²) < 4.78 is 63.6. The van der Waals surface area contributed by atoms with Crippen LogP contribution in [-0.4, -0.2) is 73.2 Å². The first-order valence-corrected chi connectivity index (χ1v) is 11.4. The van der Waals surface area contributed by atoms with E-state index in [1.54, 1.807) is 4.90 Å². The van der Waals surface area contributed by atoms with Gasteiger partial charge in [0.15, 0.2) is 23.2 Å². The highest BCUT2D eigenvalue weighted by Crippen LogP contribution is 2.30. The second kappa shape index (κ2) is 11.1. The Morgan fingerprint density at radius 2 is 1.94 bits per heavy atom. The summed E-state index contributed by atoms with van der Waals surface area (Å²) in [6.45, 7) is 1.04. The van der Waals surface area contributed by atoms with Gasteiger partial charge in [0.1, 0.15) is 18.5 Å². The van der Waals surface area contributed by atoms with Crippen molar-refractivity contribution in [1.82, 2.24) is 14.9 Å². The lowest BCUT2D eigenvalue weighted by atomic mass is 10.1. The van der Waals surface area contributed by atoms with Gasteiger partial charge in [-0.2, -0.15) is 0 Å². The standard InChI is InChI=1S/C23H27F4N5O3/c1-34-13-21(33)32-9-6-17-18(12-32)29-22(28-11-20(26)27)23(30-17)31-7-4-15(5-8-31)35-19-3-2-14(24)10-16(19)25/h2-3,10,15,20H,4-9,11-13H2,1H3,(H,28,29). The van der Waals surface area contributed by atoms with Crippen LogP contribution in [0.1, 0.15) is 24.2 Å².